The number of benzene rings is 1. The van der Waals surface area contributed by atoms with Crippen LogP contribution in [0.1, 0.15) is 40.7 Å². The molecule has 0 radical (unpaired) electrons. The number of aliphatic carboxylic acids is 1. The van der Waals surface area contributed by atoms with E-state index in [2.05, 4.69) is 10.4 Å². The van der Waals surface area contributed by atoms with Gasteiger partial charge in [0, 0.05) is 19.3 Å². The van der Waals surface area contributed by atoms with E-state index in [1.54, 1.807) is 42.9 Å². The van der Waals surface area contributed by atoms with Crippen LogP contribution in [-0.4, -0.2) is 33.3 Å². The van der Waals surface area contributed by atoms with Crippen LogP contribution in [0.15, 0.2) is 30.3 Å². The minimum Gasteiger partial charge on any atom is -0.481 e. The largest absolute Gasteiger partial charge is 0.481 e. The standard InChI is InChI=1S/C18H23N3O3/c1-5-18(17(23)24,14-9-7-6-8-10-14)11-19-16(22)15-12(2)20-21(4)13(15)3/h6-10H,5,11H2,1-4H3,(H,19,22)(H,23,24). The molecule has 0 aliphatic carbocycles. The second kappa shape index (κ2) is 6.86. The van der Waals surface area contributed by atoms with E-state index in [9.17, 15) is 14.7 Å². The minimum atomic E-state index is -1.15. The molecule has 0 aliphatic heterocycles. The summed E-state index contributed by atoms with van der Waals surface area (Å²) in [4.78, 5) is 24.5. The van der Waals surface area contributed by atoms with E-state index >= 15 is 0 Å². The third-order valence-corrected chi connectivity index (χ3v) is 4.63. The van der Waals surface area contributed by atoms with E-state index in [1.807, 2.05) is 19.9 Å². The number of aryl methyl sites for hydroxylation is 2. The number of nitrogens with one attached hydrogen (secondary N) is 1. The van der Waals surface area contributed by atoms with Crippen molar-refractivity contribution in [3.8, 4) is 0 Å². The SMILES string of the molecule is CCC(CNC(=O)c1c(C)nn(C)c1C)(C(=O)O)c1ccccc1. The molecule has 0 fully saturated rings. The van der Waals surface area contributed by atoms with Gasteiger partial charge in [0.05, 0.1) is 11.3 Å². The third kappa shape index (κ3) is 3.04. The lowest BCUT2D eigenvalue weighted by atomic mass is 9.78. The fraction of sp³-hybridized carbons (Fsp3) is 0.389. The van der Waals surface area contributed by atoms with Gasteiger partial charge in [-0.15, -0.1) is 0 Å². The summed E-state index contributed by atoms with van der Waals surface area (Å²) in [7, 11) is 1.77. The van der Waals surface area contributed by atoms with Crippen LogP contribution in [0.2, 0.25) is 0 Å². The molecular weight excluding hydrogens is 306 g/mol. The Hall–Kier alpha value is -2.63. The first kappa shape index (κ1) is 17.7. The highest BCUT2D eigenvalue weighted by molar-refractivity contribution is 5.97. The summed E-state index contributed by atoms with van der Waals surface area (Å²) in [5.74, 6) is -1.25. The van der Waals surface area contributed by atoms with Crippen molar-refractivity contribution in [3.63, 3.8) is 0 Å². The van der Waals surface area contributed by atoms with Crippen LogP contribution < -0.4 is 5.32 Å². The number of nitrogens with zero attached hydrogens (tertiary/aromatic N) is 2. The monoisotopic (exact) mass is 329 g/mol. The molecule has 1 atom stereocenters. The van der Waals surface area contributed by atoms with Gasteiger partial charge >= 0.3 is 5.97 Å². The van der Waals surface area contributed by atoms with Gasteiger partial charge in [-0.05, 0) is 25.8 Å². The van der Waals surface area contributed by atoms with Gasteiger partial charge in [-0.25, -0.2) is 0 Å². The Morgan fingerprint density at radius 2 is 1.88 bits per heavy atom. The Bertz CT molecular complexity index is 752. The van der Waals surface area contributed by atoms with Gasteiger partial charge in [0.15, 0.2) is 0 Å². The van der Waals surface area contributed by atoms with Crippen LogP contribution in [0.5, 0.6) is 0 Å². The van der Waals surface area contributed by atoms with Crippen molar-refractivity contribution in [1.82, 2.24) is 15.1 Å². The molecule has 2 rings (SSSR count). The molecule has 1 aromatic heterocycles. The van der Waals surface area contributed by atoms with Crippen molar-refractivity contribution in [3.05, 3.63) is 52.8 Å². The molecule has 1 aromatic carbocycles. The molecule has 0 saturated heterocycles. The number of carbonyl (C=O) groups is 2. The van der Waals surface area contributed by atoms with E-state index < -0.39 is 11.4 Å². The van der Waals surface area contributed by atoms with Gasteiger partial charge in [-0.3, -0.25) is 14.3 Å². The van der Waals surface area contributed by atoms with Crippen molar-refractivity contribution in [2.45, 2.75) is 32.6 Å². The average molecular weight is 329 g/mol. The smallest absolute Gasteiger partial charge is 0.315 e. The number of hydrogen-bond donors (Lipinski definition) is 2. The van der Waals surface area contributed by atoms with Gasteiger partial charge in [-0.1, -0.05) is 37.3 Å². The first-order valence-electron chi connectivity index (χ1n) is 7.90. The normalized spacial score (nSPS) is 13.3. The molecule has 128 valence electrons. The highest BCUT2D eigenvalue weighted by atomic mass is 16.4. The van der Waals surface area contributed by atoms with Crippen molar-refractivity contribution in [1.29, 1.82) is 0 Å². The van der Waals surface area contributed by atoms with Gasteiger partial charge in [-0.2, -0.15) is 5.10 Å². The lowest BCUT2D eigenvalue weighted by Gasteiger charge is -2.29. The summed E-state index contributed by atoms with van der Waals surface area (Å²) in [6, 6.07) is 9.02. The van der Waals surface area contributed by atoms with Crippen LogP contribution >= 0.6 is 0 Å². The van der Waals surface area contributed by atoms with E-state index in [1.165, 1.54) is 0 Å². The summed E-state index contributed by atoms with van der Waals surface area (Å²) in [6.07, 6.45) is 0.373. The summed E-state index contributed by atoms with van der Waals surface area (Å²) < 4.78 is 1.64. The molecule has 0 bridgehead atoms. The van der Waals surface area contributed by atoms with Crippen LogP contribution in [-0.2, 0) is 17.3 Å². The Kier molecular flexibility index (Phi) is 5.07. The molecule has 0 spiro atoms. The number of carboxylic acid groups (broad SMARTS) is 1. The van der Waals surface area contributed by atoms with E-state index in [-0.39, 0.29) is 12.5 Å². The molecule has 2 aromatic rings. The van der Waals surface area contributed by atoms with E-state index in [4.69, 9.17) is 0 Å². The fourth-order valence-electron chi connectivity index (χ4n) is 2.96. The second-order valence-electron chi connectivity index (χ2n) is 5.96. The Labute approximate surface area is 141 Å². The maximum Gasteiger partial charge on any atom is 0.315 e. The Morgan fingerprint density at radius 1 is 1.25 bits per heavy atom. The van der Waals surface area contributed by atoms with Crippen LogP contribution in [0.25, 0.3) is 0 Å². The molecule has 6 heteroatoms. The van der Waals surface area contributed by atoms with Gasteiger partial charge in [0.1, 0.15) is 5.41 Å². The number of rotatable bonds is 6. The zero-order valence-corrected chi connectivity index (χ0v) is 14.5. The molecule has 6 nitrogen and oxygen atoms in total. The van der Waals surface area contributed by atoms with Crippen molar-refractivity contribution in [2.75, 3.05) is 6.54 Å². The zero-order chi connectivity index (χ0) is 17.9. The number of aromatic nitrogens is 2. The topological polar surface area (TPSA) is 84.2 Å². The van der Waals surface area contributed by atoms with Gasteiger partial charge < -0.3 is 10.4 Å². The quantitative estimate of drug-likeness (QED) is 0.851. The molecule has 1 heterocycles. The van der Waals surface area contributed by atoms with Crippen LogP contribution in [0, 0.1) is 13.8 Å². The minimum absolute atomic E-state index is 0.0233. The summed E-state index contributed by atoms with van der Waals surface area (Å²) in [5, 5.41) is 16.8. The highest BCUT2D eigenvalue weighted by Gasteiger charge is 2.39. The van der Waals surface area contributed by atoms with E-state index in [0.29, 0.717) is 23.2 Å². The Morgan fingerprint density at radius 3 is 2.33 bits per heavy atom. The third-order valence-electron chi connectivity index (χ3n) is 4.63. The van der Waals surface area contributed by atoms with Crippen LogP contribution in [0.3, 0.4) is 0 Å². The predicted molar refractivity (Wildman–Crippen MR) is 91.1 cm³/mol. The van der Waals surface area contributed by atoms with Crippen molar-refractivity contribution < 1.29 is 14.7 Å². The second-order valence-corrected chi connectivity index (χ2v) is 5.96. The summed E-state index contributed by atoms with van der Waals surface area (Å²) in [5.41, 5.74) is 1.41. The first-order valence-corrected chi connectivity index (χ1v) is 7.90. The maximum atomic E-state index is 12.6. The van der Waals surface area contributed by atoms with Crippen molar-refractivity contribution >= 4 is 11.9 Å². The molecule has 2 N–H and O–H groups in total. The van der Waals surface area contributed by atoms with E-state index in [0.717, 1.165) is 5.69 Å². The summed E-state index contributed by atoms with van der Waals surface area (Å²) >= 11 is 0. The molecule has 0 saturated carbocycles. The summed E-state index contributed by atoms with van der Waals surface area (Å²) in [6.45, 7) is 5.42. The lowest BCUT2D eigenvalue weighted by molar-refractivity contribution is -0.143. The Balaban J connectivity index is 2.29. The lowest BCUT2D eigenvalue weighted by Crippen LogP contribution is -2.46. The molecule has 0 aliphatic rings. The number of carbonyl (C=O) groups excluding carboxylic acids is 1. The van der Waals surface area contributed by atoms with Crippen molar-refractivity contribution in [2.24, 2.45) is 7.05 Å². The highest BCUT2D eigenvalue weighted by Crippen LogP contribution is 2.28. The predicted octanol–water partition coefficient (Wildman–Crippen LogP) is 2.20. The zero-order valence-electron chi connectivity index (χ0n) is 14.5. The van der Waals surface area contributed by atoms with Crippen LogP contribution in [0.4, 0.5) is 0 Å². The van der Waals surface area contributed by atoms with Gasteiger partial charge in [0.2, 0.25) is 0 Å². The molecular formula is C18H23N3O3. The molecule has 24 heavy (non-hydrogen) atoms. The molecule has 1 amide bonds. The number of hydrogen-bond acceptors (Lipinski definition) is 3. The fourth-order valence-corrected chi connectivity index (χ4v) is 2.96. The first-order chi connectivity index (χ1) is 11.3. The average Bonchev–Trinajstić information content (AvgIpc) is 2.81. The number of carboxylic acids is 1. The maximum absolute atomic E-state index is 12.6. The van der Waals surface area contributed by atoms with Gasteiger partial charge in [0.25, 0.3) is 5.91 Å². The molecule has 1 unspecified atom stereocenters. The number of amides is 1.